The lowest BCUT2D eigenvalue weighted by Crippen LogP contribution is -2.03. The molecular weight excluding hydrogens is 520 g/mol. The molecule has 0 aliphatic carbocycles. The van der Waals surface area contributed by atoms with Gasteiger partial charge < -0.3 is 11.5 Å². The Kier molecular flexibility index (Phi) is 12.3. The highest BCUT2D eigenvalue weighted by molar-refractivity contribution is 5.49. The molecule has 0 aliphatic rings. The van der Waals surface area contributed by atoms with E-state index in [1.165, 1.54) is 102 Å². The fourth-order valence-electron chi connectivity index (χ4n) is 6.83. The Bertz CT molecular complexity index is 1290. The van der Waals surface area contributed by atoms with Crippen LogP contribution in [-0.4, -0.2) is 0 Å². The largest absolute Gasteiger partial charge is 0.399 e. The van der Waals surface area contributed by atoms with Gasteiger partial charge in [-0.1, -0.05) is 107 Å². The maximum absolute atomic E-state index is 5.98. The summed E-state index contributed by atoms with van der Waals surface area (Å²) in [7, 11) is 0. The van der Waals surface area contributed by atoms with Crippen molar-refractivity contribution < 1.29 is 0 Å². The van der Waals surface area contributed by atoms with Gasteiger partial charge in [-0.2, -0.15) is 0 Å². The molecule has 0 heterocycles. The minimum absolute atomic E-state index is 0.437. The summed E-state index contributed by atoms with van der Waals surface area (Å²) in [5, 5.41) is 0. The summed E-state index contributed by atoms with van der Waals surface area (Å²) in [5.41, 5.74) is 24.8. The van der Waals surface area contributed by atoms with Crippen LogP contribution in [0.15, 0.2) is 84.9 Å². The van der Waals surface area contributed by atoms with Gasteiger partial charge in [-0.15, -0.1) is 0 Å². The summed E-state index contributed by atoms with van der Waals surface area (Å²) in [6.07, 6.45) is 13.9. The predicted octanol–water partition coefficient (Wildman–Crippen LogP) is 11.1. The number of hydrogen-bond acceptors (Lipinski definition) is 2. The van der Waals surface area contributed by atoms with Crippen LogP contribution in [0.4, 0.5) is 11.4 Å². The highest BCUT2D eigenvalue weighted by atomic mass is 14.5. The SMILES string of the molecule is CCC(c1ccc(CCCCCCCCCc2ccc(C(CC)c3ccc(N)cc3C)cc2)cc1)c1ccc(N)cc1C. The van der Waals surface area contributed by atoms with E-state index in [1.807, 2.05) is 12.1 Å². The van der Waals surface area contributed by atoms with Crippen molar-refractivity contribution in [3.8, 4) is 0 Å². The van der Waals surface area contributed by atoms with Crippen molar-refractivity contribution in [3.05, 3.63) is 129 Å². The van der Waals surface area contributed by atoms with Gasteiger partial charge in [-0.05, 0) is 121 Å². The second-order valence-corrected chi connectivity index (χ2v) is 12.6. The van der Waals surface area contributed by atoms with Crippen LogP contribution in [0, 0.1) is 13.8 Å². The van der Waals surface area contributed by atoms with Crippen LogP contribution < -0.4 is 11.5 Å². The Morgan fingerprint density at radius 2 is 0.814 bits per heavy atom. The molecule has 43 heavy (non-hydrogen) atoms. The molecule has 0 saturated carbocycles. The highest BCUT2D eigenvalue weighted by Gasteiger charge is 2.16. The fourth-order valence-corrected chi connectivity index (χ4v) is 6.83. The monoisotopic (exact) mass is 574 g/mol. The second kappa shape index (κ2) is 16.4. The zero-order valence-electron chi connectivity index (χ0n) is 27.2. The van der Waals surface area contributed by atoms with Gasteiger partial charge in [0.1, 0.15) is 0 Å². The number of nitrogen functional groups attached to an aromatic ring is 2. The Morgan fingerprint density at radius 3 is 1.14 bits per heavy atom. The molecule has 0 saturated heterocycles. The van der Waals surface area contributed by atoms with E-state index in [1.54, 1.807) is 0 Å². The van der Waals surface area contributed by atoms with E-state index in [2.05, 4.69) is 100 Å². The minimum Gasteiger partial charge on any atom is -0.399 e. The molecule has 0 spiro atoms. The summed E-state index contributed by atoms with van der Waals surface area (Å²) < 4.78 is 0. The molecular formula is C41H54N2. The standard InChI is InChI=1S/C41H54N2/c1-5-38(40-26-24-36(42)28-30(40)3)34-20-16-32(17-21-34)14-12-10-8-7-9-11-13-15-33-18-22-35(23-19-33)39(6-2)41-27-25-37(43)29-31(41)4/h16-29,38-39H,5-15,42-43H2,1-4H3. The third kappa shape index (κ3) is 9.23. The quantitative estimate of drug-likeness (QED) is 0.103. The van der Waals surface area contributed by atoms with Crippen molar-refractivity contribution in [2.75, 3.05) is 11.5 Å². The van der Waals surface area contributed by atoms with E-state index in [9.17, 15) is 0 Å². The maximum atomic E-state index is 5.98. The zero-order chi connectivity index (χ0) is 30.6. The van der Waals surface area contributed by atoms with Crippen LogP contribution in [0.2, 0.25) is 0 Å². The number of benzene rings is 4. The van der Waals surface area contributed by atoms with Crippen LogP contribution in [0.3, 0.4) is 0 Å². The van der Waals surface area contributed by atoms with Gasteiger partial charge in [-0.25, -0.2) is 0 Å². The normalized spacial score (nSPS) is 12.7. The third-order valence-electron chi connectivity index (χ3n) is 9.35. The third-order valence-corrected chi connectivity index (χ3v) is 9.35. The van der Waals surface area contributed by atoms with Crippen LogP contribution in [0.25, 0.3) is 0 Å². The second-order valence-electron chi connectivity index (χ2n) is 12.6. The fraction of sp³-hybridized carbons (Fsp3) is 0.415. The van der Waals surface area contributed by atoms with Gasteiger partial charge in [0.25, 0.3) is 0 Å². The summed E-state index contributed by atoms with van der Waals surface area (Å²) in [4.78, 5) is 0. The minimum atomic E-state index is 0.437. The van der Waals surface area contributed by atoms with E-state index in [0.717, 1.165) is 24.2 Å². The number of anilines is 2. The summed E-state index contributed by atoms with van der Waals surface area (Å²) in [5.74, 6) is 0.874. The van der Waals surface area contributed by atoms with E-state index >= 15 is 0 Å². The van der Waals surface area contributed by atoms with Gasteiger partial charge in [-0.3, -0.25) is 0 Å². The Morgan fingerprint density at radius 1 is 0.465 bits per heavy atom. The topological polar surface area (TPSA) is 52.0 Å². The Labute approximate surface area is 261 Å². The van der Waals surface area contributed by atoms with Crippen molar-refractivity contribution in [1.82, 2.24) is 0 Å². The number of aryl methyl sites for hydroxylation is 4. The molecule has 0 aromatic heterocycles. The lowest BCUT2D eigenvalue weighted by atomic mass is 9.86. The first-order chi connectivity index (χ1) is 20.9. The zero-order valence-corrected chi connectivity index (χ0v) is 27.2. The molecule has 0 fully saturated rings. The number of nitrogens with two attached hydrogens (primary N) is 2. The predicted molar refractivity (Wildman–Crippen MR) is 188 cm³/mol. The van der Waals surface area contributed by atoms with Crippen LogP contribution >= 0.6 is 0 Å². The van der Waals surface area contributed by atoms with Gasteiger partial charge in [0.05, 0.1) is 0 Å². The van der Waals surface area contributed by atoms with E-state index < -0.39 is 0 Å². The van der Waals surface area contributed by atoms with E-state index in [4.69, 9.17) is 11.5 Å². The first kappa shape index (κ1) is 32.4. The molecule has 4 N–H and O–H groups in total. The molecule has 2 heteroatoms. The van der Waals surface area contributed by atoms with Crippen molar-refractivity contribution >= 4 is 11.4 Å². The van der Waals surface area contributed by atoms with Gasteiger partial charge in [0.15, 0.2) is 0 Å². The highest BCUT2D eigenvalue weighted by Crippen LogP contribution is 2.32. The summed E-state index contributed by atoms with van der Waals surface area (Å²) in [6.45, 7) is 8.90. The summed E-state index contributed by atoms with van der Waals surface area (Å²) in [6, 6.07) is 31.4. The van der Waals surface area contributed by atoms with Gasteiger partial charge in [0.2, 0.25) is 0 Å². The maximum Gasteiger partial charge on any atom is 0.0316 e. The van der Waals surface area contributed by atoms with E-state index in [0.29, 0.717) is 11.8 Å². The first-order valence-electron chi connectivity index (χ1n) is 16.8. The molecule has 4 aromatic carbocycles. The average Bonchev–Trinajstić information content (AvgIpc) is 3.00. The summed E-state index contributed by atoms with van der Waals surface area (Å²) >= 11 is 0. The smallest absolute Gasteiger partial charge is 0.0316 e. The molecule has 0 radical (unpaired) electrons. The first-order valence-corrected chi connectivity index (χ1v) is 16.8. The molecule has 228 valence electrons. The van der Waals surface area contributed by atoms with Crippen LogP contribution in [0.5, 0.6) is 0 Å². The van der Waals surface area contributed by atoms with Gasteiger partial charge >= 0.3 is 0 Å². The molecule has 2 nitrogen and oxygen atoms in total. The van der Waals surface area contributed by atoms with Crippen LogP contribution in [-0.2, 0) is 12.8 Å². The molecule has 4 rings (SSSR count). The number of rotatable bonds is 16. The van der Waals surface area contributed by atoms with Gasteiger partial charge in [0, 0.05) is 23.2 Å². The Hall–Kier alpha value is -3.52. The van der Waals surface area contributed by atoms with Crippen molar-refractivity contribution in [2.45, 2.75) is 110 Å². The van der Waals surface area contributed by atoms with Crippen molar-refractivity contribution in [3.63, 3.8) is 0 Å². The molecule has 0 aliphatic heterocycles. The van der Waals surface area contributed by atoms with Crippen molar-refractivity contribution in [1.29, 1.82) is 0 Å². The van der Waals surface area contributed by atoms with Crippen molar-refractivity contribution in [2.24, 2.45) is 0 Å². The van der Waals surface area contributed by atoms with Crippen LogP contribution in [0.1, 0.15) is 128 Å². The average molecular weight is 575 g/mol. The lowest BCUT2D eigenvalue weighted by molar-refractivity contribution is 0.579. The van der Waals surface area contributed by atoms with E-state index in [-0.39, 0.29) is 0 Å². The molecule has 0 bridgehead atoms. The lowest BCUT2D eigenvalue weighted by Gasteiger charge is -2.19. The molecule has 0 amide bonds. The number of unbranched alkanes of at least 4 members (excludes halogenated alkanes) is 6. The molecule has 4 aromatic rings. The molecule has 2 unspecified atom stereocenters. The number of hydrogen-bond donors (Lipinski definition) is 2. The Balaban J connectivity index is 1.11. The molecule has 2 atom stereocenters.